The van der Waals surface area contributed by atoms with E-state index in [4.69, 9.17) is 5.73 Å². The molecular weight excluding hydrogens is 174 g/mol. The van der Waals surface area contributed by atoms with Crippen LogP contribution in [0, 0.1) is 0 Å². The molecule has 1 atom stereocenters. The maximum absolute atomic E-state index is 11.3. The molecule has 0 spiro atoms. The van der Waals surface area contributed by atoms with Gasteiger partial charge in [-0.2, -0.15) is 0 Å². The molecule has 0 amide bonds. The zero-order valence-electron chi connectivity index (χ0n) is 9.72. The molecule has 0 aromatic carbocycles. The summed E-state index contributed by atoms with van der Waals surface area (Å²) in [6.45, 7) is 4.23. The Morgan fingerprint density at radius 1 is 1.14 bits per heavy atom. The number of ketones is 1. The van der Waals surface area contributed by atoms with Gasteiger partial charge in [0, 0.05) is 18.9 Å². The van der Waals surface area contributed by atoms with Crippen LogP contribution < -0.4 is 5.73 Å². The maximum Gasteiger partial charge on any atom is 0.132 e. The molecule has 84 valence electrons. The lowest BCUT2D eigenvalue weighted by atomic mass is 10.0. The van der Waals surface area contributed by atoms with Crippen LogP contribution >= 0.6 is 0 Å². The van der Waals surface area contributed by atoms with Crippen molar-refractivity contribution in [2.45, 2.75) is 71.3 Å². The minimum Gasteiger partial charge on any atom is -0.328 e. The SMILES string of the molecule is CCCCC(=O)CCCCC(N)CC. The van der Waals surface area contributed by atoms with Crippen molar-refractivity contribution in [3.05, 3.63) is 0 Å². The Morgan fingerprint density at radius 3 is 2.36 bits per heavy atom. The highest BCUT2D eigenvalue weighted by molar-refractivity contribution is 5.78. The molecule has 2 N–H and O–H groups in total. The Kier molecular flexibility index (Phi) is 8.95. The summed E-state index contributed by atoms with van der Waals surface area (Å²) in [6, 6.07) is 0.334. The quantitative estimate of drug-likeness (QED) is 0.580. The Hall–Kier alpha value is -0.370. The highest BCUT2D eigenvalue weighted by atomic mass is 16.1. The van der Waals surface area contributed by atoms with Crippen LogP contribution in [0.4, 0.5) is 0 Å². The fourth-order valence-corrected chi connectivity index (χ4v) is 1.43. The minimum atomic E-state index is 0.334. The number of hydrogen-bond donors (Lipinski definition) is 1. The predicted octanol–water partition coefficient (Wildman–Crippen LogP) is 3.04. The van der Waals surface area contributed by atoms with Gasteiger partial charge in [-0.05, 0) is 25.7 Å². The summed E-state index contributed by atoms with van der Waals surface area (Å²) in [5.41, 5.74) is 5.79. The van der Waals surface area contributed by atoms with E-state index < -0.39 is 0 Å². The first-order valence-corrected chi connectivity index (χ1v) is 5.98. The van der Waals surface area contributed by atoms with Crippen LogP contribution in [0.1, 0.15) is 65.2 Å². The summed E-state index contributed by atoms with van der Waals surface area (Å²) in [5, 5.41) is 0. The maximum atomic E-state index is 11.3. The van der Waals surface area contributed by atoms with Gasteiger partial charge in [0.1, 0.15) is 5.78 Å². The van der Waals surface area contributed by atoms with E-state index >= 15 is 0 Å². The lowest BCUT2D eigenvalue weighted by molar-refractivity contribution is -0.119. The second-order valence-corrected chi connectivity index (χ2v) is 4.06. The number of Topliss-reactive ketones (excluding diaryl/α,β-unsaturated/α-hetero) is 1. The fraction of sp³-hybridized carbons (Fsp3) is 0.917. The molecule has 0 aliphatic rings. The number of rotatable bonds is 9. The second kappa shape index (κ2) is 9.20. The summed E-state index contributed by atoms with van der Waals surface area (Å²) in [4.78, 5) is 11.3. The highest BCUT2D eigenvalue weighted by Gasteiger charge is 2.02. The molecule has 14 heavy (non-hydrogen) atoms. The van der Waals surface area contributed by atoms with Crippen LogP contribution in [-0.2, 0) is 4.79 Å². The average Bonchev–Trinajstić information content (AvgIpc) is 2.21. The fourth-order valence-electron chi connectivity index (χ4n) is 1.43. The van der Waals surface area contributed by atoms with Crippen LogP contribution in [0.15, 0.2) is 0 Å². The highest BCUT2D eigenvalue weighted by Crippen LogP contribution is 2.07. The predicted molar refractivity (Wildman–Crippen MR) is 61.3 cm³/mol. The standard InChI is InChI=1S/C12H25NO/c1-3-5-9-12(14)10-7-6-8-11(13)4-2/h11H,3-10,13H2,1-2H3. The Bertz CT molecular complexity index is 145. The number of unbranched alkanes of at least 4 members (excludes halogenated alkanes) is 2. The molecule has 0 heterocycles. The number of nitrogens with two attached hydrogens (primary N) is 1. The molecule has 0 aliphatic heterocycles. The molecule has 0 rings (SSSR count). The van der Waals surface area contributed by atoms with Crippen LogP contribution in [0.25, 0.3) is 0 Å². The van der Waals surface area contributed by atoms with E-state index in [1.54, 1.807) is 0 Å². The first kappa shape index (κ1) is 13.6. The topological polar surface area (TPSA) is 43.1 Å². The molecular formula is C12H25NO. The van der Waals surface area contributed by atoms with Crippen molar-refractivity contribution in [1.82, 2.24) is 0 Å². The first-order chi connectivity index (χ1) is 6.70. The van der Waals surface area contributed by atoms with Gasteiger partial charge in [0.05, 0.1) is 0 Å². The molecule has 0 aliphatic carbocycles. The molecule has 0 aromatic heterocycles. The third-order valence-corrected chi connectivity index (χ3v) is 2.61. The van der Waals surface area contributed by atoms with E-state index in [-0.39, 0.29) is 0 Å². The number of carbonyl (C=O) groups excluding carboxylic acids is 1. The lowest BCUT2D eigenvalue weighted by Gasteiger charge is -2.07. The van der Waals surface area contributed by atoms with E-state index in [0.29, 0.717) is 11.8 Å². The lowest BCUT2D eigenvalue weighted by Crippen LogP contribution is -2.18. The molecule has 0 saturated heterocycles. The van der Waals surface area contributed by atoms with Gasteiger partial charge < -0.3 is 5.73 Å². The van der Waals surface area contributed by atoms with Crippen LogP contribution in [0.5, 0.6) is 0 Å². The second-order valence-electron chi connectivity index (χ2n) is 4.06. The largest absolute Gasteiger partial charge is 0.328 e. The molecule has 1 unspecified atom stereocenters. The molecule has 2 heteroatoms. The van der Waals surface area contributed by atoms with E-state index in [1.165, 1.54) is 0 Å². The zero-order valence-corrected chi connectivity index (χ0v) is 9.72. The van der Waals surface area contributed by atoms with Crippen molar-refractivity contribution < 1.29 is 4.79 Å². The van der Waals surface area contributed by atoms with Crippen LogP contribution in [-0.4, -0.2) is 11.8 Å². The minimum absolute atomic E-state index is 0.334. The van der Waals surface area contributed by atoms with Crippen LogP contribution in [0.2, 0.25) is 0 Å². The smallest absolute Gasteiger partial charge is 0.132 e. The van der Waals surface area contributed by atoms with Gasteiger partial charge in [0.15, 0.2) is 0 Å². The monoisotopic (exact) mass is 199 g/mol. The van der Waals surface area contributed by atoms with Crippen LogP contribution in [0.3, 0.4) is 0 Å². The van der Waals surface area contributed by atoms with Gasteiger partial charge >= 0.3 is 0 Å². The number of carbonyl (C=O) groups is 1. The summed E-state index contributed by atoms with van der Waals surface area (Å²) in [6.07, 6.45) is 7.94. The van der Waals surface area contributed by atoms with Crippen molar-refractivity contribution in [3.8, 4) is 0 Å². The van der Waals surface area contributed by atoms with Crippen molar-refractivity contribution in [2.75, 3.05) is 0 Å². The summed E-state index contributed by atoms with van der Waals surface area (Å²) >= 11 is 0. The van der Waals surface area contributed by atoms with E-state index in [0.717, 1.165) is 51.4 Å². The van der Waals surface area contributed by atoms with Crippen molar-refractivity contribution in [1.29, 1.82) is 0 Å². The van der Waals surface area contributed by atoms with Crippen molar-refractivity contribution >= 4 is 5.78 Å². The van der Waals surface area contributed by atoms with Gasteiger partial charge in [0.2, 0.25) is 0 Å². The summed E-state index contributed by atoms with van der Waals surface area (Å²) < 4.78 is 0. The Balaban J connectivity index is 3.22. The molecule has 0 radical (unpaired) electrons. The van der Waals surface area contributed by atoms with Gasteiger partial charge in [-0.3, -0.25) is 4.79 Å². The number of hydrogen-bond acceptors (Lipinski definition) is 2. The van der Waals surface area contributed by atoms with Gasteiger partial charge in [-0.1, -0.05) is 26.7 Å². The molecule has 0 bridgehead atoms. The molecule has 2 nitrogen and oxygen atoms in total. The molecule has 0 aromatic rings. The van der Waals surface area contributed by atoms with Gasteiger partial charge in [0.25, 0.3) is 0 Å². The third-order valence-electron chi connectivity index (χ3n) is 2.61. The molecule has 0 saturated carbocycles. The van der Waals surface area contributed by atoms with E-state index in [2.05, 4.69) is 13.8 Å². The summed E-state index contributed by atoms with van der Waals surface area (Å²) in [7, 11) is 0. The first-order valence-electron chi connectivity index (χ1n) is 5.98. The van der Waals surface area contributed by atoms with Gasteiger partial charge in [-0.25, -0.2) is 0 Å². The van der Waals surface area contributed by atoms with Crippen molar-refractivity contribution in [3.63, 3.8) is 0 Å². The average molecular weight is 199 g/mol. The normalized spacial score (nSPS) is 12.8. The van der Waals surface area contributed by atoms with E-state index in [9.17, 15) is 4.79 Å². The van der Waals surface area contributed by atoms with Crippen molar-refractivity contribution in [2.24, 2.45) is 5.73 Å². The van der Waals surface area contributed by atoms with E-state index in [1.807, 2.05) is 0 Å². The molecule has 0 fully saturated rings. The zero-order chi connectivity index (χ0) is 10.8. The third kappa shape index (κ3) is 8.24. The summed E-state index contributed by atoms with van der Waals surface area (Å²) in [5.74, 6) is 0.428. The van der Waals surface area contributed by atoms with Gasteiger partial charge in [-0.15, -0.1) is 0 Å². The Labute approximate surface area is 88.3 Å². The Morgan fingerprint density at radius 2 is 1.79 bits per heavy atom.